The van der Waals surface area contributed by atoms with Crippen molar-refractivity contribution in [1.82, 2.24) is 25.2 Å². The zero-order valence-electron chi connectivity index (χ0n) is 12.4. The first-order valence-corrected chi connectivity index (χ1v) is 7.88. The molecule has 3 aromatic rings. The maximum absolute atomic E-state index is 5.83. The highest BCUT2D eigenvalue weighted by molar-refractivity contribution is 5.59. The summed E-state index contributed by atoms with van der Waals surface area (Å²) in [6, 6.07) is 5.72. The maximum atomic E-state index is 5.83. The minimum Gasteiger partial charge on any atom is -0.453 e. The molecule has 1 aliphatic rings. The number of hydrogen-bond acceptors (Lipinski definition) is 4. The van der Waals surface area contributed by atoms with Gasteiger partial charge in [0.05, 0.1) is 6.20 Å². The Balaban J connectivity index is 1.49. The van der Waals surface area contributed by atoms with Crippen LogP contribution >= 0.6 is 0 Å². The number of nitrogens with zero attached hydrogens (tertiary/aromatic N) is 4. The summed E-state index contributed by atoms with van der Waals surface area (Å²) in [4.78, 5) is 0. The molecule has 22 heavy (non-hydrogen) atoms. The van der Waals surface area contributed by atoms with Crippen molar-refractivity contribution in [3.05, 3.63) is 30.6 Å². The fourth-order valence-corrected chi connectivity index (χ4v) is 3.15. The molecule has 4 rings (SSSR count). The van der Waals surface area contributed by atoms with Crippen molar-refractivity contribution in [1.29, 1.82) is 0 Å². The highest BCUT2D eigenvalue weighted by Gasteiger charge is 2.16. The van der Waals surface area contributed by atoms with Gasteiger partial charge in [-0.05, 0) is 37.0 Å². The summed E-state index contributed by atoms with van der Waals surface area (Å²) in [5.41, 5.74) is 1.64. The molecule has 0 unspecified atom stereocenters. The summed E-state index contributed by atoms with van der Waals surface area (Å²) in [6.07, 6.45) is 10.4. The van der Waals surface area contributed by atoms with Crippen molar-refractivity contribution < 1.29 is 4.42 Å². The van der Waals surface area contributed by atoms with Gasteiger partial charge < -0.3 is 4.42 Å². The van der Waals surface area contributed by atoms with E-state index in [4.69, 9.17) is 4.42 Å². The zero-order valence-corrected chi connectivity index (χ0v) is 12.4. The lowest BCUT2D eigenvalue weighted by Crippen LogP contribution is -2.14. The van der Waals surface area contributed by atoms with Gasteiger partial charge in [-0.3, -0.25) is 9.78 Å². The summed E-state index contributed by atoms with van der Waals surface area (Å²) in [5, 5.41) is 15.3. The van der Waals surface area contributed by atoms with Gasteiger partial charge in [-0.15, -0.1) is 5.10 Å². The third-order valence-electron chi connectivity index (χ3n) is 4.33. The molecule has 1 N–H and O–H groups in total. The van der Waals surface area contributed by atoms with Crippen LogP contribution in [-0.2, 0) is 6.54 Å². The summed E-state index contributed by atoms with van der Waals surface area (Å²) in [7, 11) is 0. The normalized spacial score (nSPS) is 16.2. The Kier molecular flexibility index (Phi) is 3.50. The van der Waals surface area contributed by atoms with Gasteiger partial charge in [-0.1, -0.05) is 24.5 Å². The van der Waals surface area contributed by atoms with E-state index in [1.807, 2.05) is 29.1 Å². The van der Waals surface area contributed by atoms with Crippen molar-refractivity contribution >= 4 is 0 Å². The first-order chi connectivity index (χ1) is 10.9. The SMILES string of the molecule is c1cc(-c2ccc(-c3cn(CC4CCCCC4)nn3)o2)[nH]n1. The lowest BCUT2D eigenvalue weighted by atomic mass is 9.89. The van der Waals surface area contributed by atoms with Crippen LogP contribution in [0.15, 0.2) is 35.0 Å². The number of H-pyrrole nitrogens is 1. The van der Waals surface area contributed by atoms with E-state index in [0.717, 1.165) is 35.4 Å². The van der Waals surface area contributed by atoms with Crippen LogP contribution in [-0.4, -0.2) is 25.2 Å². The van der Waals surface area contributed by atoms with E-state index in [0.29, 0.717) is 0 Å². The average Bonchev–Trinajstić information content (AvgIpc) is 3.29. The molecular formula is C16H19N5O. The number of furan rings is 1. The Bertz CT molecular complexity index is 721. The fraction of sp³-hybridized carbons (Fsp3) is 0.438. The molecule has 3 aromatic heterocycles. The predicted octanol–water partition coefficient (Wildman–Crippen LogP) is 3.51. The summed E-state index contributed by atoms with van der Waals surface area (Å²) < 4.78 is 7.78. The largest absolute Gasteiger partial charge is 0.453 e. The summed E-state index contributed by atoms with van der Waals surface area (Å²) in [6.45, 7) is 0.959. The van der Waals surface area contributed by atoms with Gasteiger partial charge in [0.2, 0.25) is 0 Å². The first-order valence-electron chi connectivity index (χ1n) is 7.88. The molecule has 0 spiro atoms. The van der Waals surface area contributed by atoms with Crippen LogP contribution in [0.4, 0.5) is 0 Å². The maximum Gasteiger partial charge on any atom is 0.156 e. The Morgan fingerprint density at radius 3 is 2.82 bits per heavy atom. The molecule has 114 valence electrons. The Hall–Kier alpha value is -2.37. The van der Waals surface area contributed by atoms with Crippen LogP contribution in [0.5, 0.6) is 0 Å². The molecule has 0 radical (unpaired) electrons. The van der Waals surface area contributed by atoms with Crippen LogP contribution in [0.2, 0.25) is 0 Å². The van der Waals surface area contributed by atoms with E-state index in [-0.39, 0.29) is 0 Å². The van der Waals surface area contributed by atoms with Gasteiger partial charge in [0.15, 0.2) is 11.5 Å². The number of nitrogens with one attached hydrogen (secondary N) is 1. The Morgan fingerprint density at radius 1 is 1.14 bits per heavy atom. The molecule has 0 amide bonds. The van der Waals surface area contributed by atoms with E-state index in [1.54, 1.807) is 6.20 Å². The van der Waals surface area contributed by atoms with E-state index < -0.39 is 0 Å². The highest BCUT2D eigenvalue weighted by Crippen LogP contribution is 2.27. The topological polar surface area (TPSA) is 72.5 Å². The lowest BCUT2D eigenvalue weighted by Gasteiger charge is -2.20. The van der Waals surface area contributed by atoms with E-state index in [2.05, 4.69) is 20.5 Å². The molecule has 0 atom stereocenters. The second-order valence-corrected chi connectivity index (χ2v) is 5.96. The monoisotopic (exact) mass is 297 g/mol. The van der Waals surface area contributed by atoms with E-state index >= 15 is 0 Å². The molecule has 1 fully saturated rings. The van der Waals surface area contributed by atoms with Gasteiger partial charge in [-0.2, -0.15) is 5.10 Å². The van der Waals surface area contributed by atoms with Crippen molar-refractivity contribution in [2.45, 2.75) is 38.6 Å². The predicted molar refractivity (Wildman–Crippen MR) is 81.9 cm³/mol. The van der Waals surface area contributed by atoms with Gasteiger partial charge >= 0.3 is 0 Å². The summed E-state index contributed by atoms with van der Waals surface area (Å²) >= 11 is 0. The Morgan fingerprint density at radius 2 is 2.00 bits per heavy atom. The second-order valence-electron chi connectivity index (χ2n) is 5.96. The van der Waals surface area contributed by atoms with Crippen LogP contribution in [0.25, 0.3) is 22.9 Å². The van der Waals surface area contributed by atoms with Crippen molar-refractivity contribution in [2.24, 2.45) is 5.92 Å². The van der Waals surface area contributed by atoms with Crippen LogP contribution in [0.1, 0.15) is 32.1 Å². The lowest BCUT2D eigenvalue weighted by molar-refractivity contribution is 0.305. The van der Waals surface area contributed by atoms with E-state index in [9.17, 15) is 0 Å². The first kappa shape index (κ1) is 13.3. The Labute approximate surface area is 128 Å². The molecular weight excluding hydrogens is 278 g/mol. The standard InChI is InChI=1S/C16H19N5O/c1-2-4-12(5-3-1)10-21-11-14(19-20-21)16-7-6-15(22-16)13-8-9-17-18-13/h6-9,11-12H,1-5,10H2,(H,17,18). The van der Waals surface area contributed by atoms with Gasteiger partial charge in [0.1, 0.15) is 11.4 Å². The number of hydrogen-bond donors (Lipinski definition) is 1. The van der Waals surface area contributed by atoms with Crippen molar-refractivity contribution in [2.75, 3.05) is 0 Å². The minimum absolute atomic E-state index is 0.736. The molecule has 0 aliphatic heterocycles. The van der Waals surface area contributed by atoms with Crippen molar-refractivity contribution in [3.63, 3.8) is 0 Å². The average molecular weight is 297 g/mol. The molecule has 6 heteroatoms. The molecule has 0 bridgehead atoms. The number of aromatic amines is 1. The van der Waals surface area contributed by atoms with Gasteiger partial charge in [0.25, 0.3) is 0 Å². The number of aromatic nitrogens is 5. The quantitative estimate of drug-likeness (QED) is 0.799. The van der Waals surface area contributed by atoms with Gasteiger partial charge in [0, 0.05) is 12.7 Å². The molecule has 6 nitrogen and oxygen atoms in total. The summed E-state index contributed by atoms with van der Waals surface area (Å²) in [5.74, 6) is 2.23. The third-order valence-corrected chi connectivity index (χ3v) is 4.33. The highest BCUT2D eigenvalue weighted by atomic mass is 16.3. The van der Waals surface area contributed by atoms with Crippen LogP contribution in [0.3, 0.4) is 0 Å². The van der Waals surface area contributed by atoms with E-state index in [1.165, 1.54) is 32.1 Å². The van der Waals surface area contributed by atoms with Crippen LogP contribution < -0.4 is 0 Å². The molecule has 1 saturated carbocycles. The zero-order chi connectivity index (χ0) is 14.8. The third kappa shape index (κ3) is 2.68. The number of rotatable bonds is 4. The molecule has 0 aromatic carbocycles. The smallest absolute Gasteiger partial charge is 0.156 e. The minimum atomic E-state index is 0.736. The van der Waals surface area contributed by atoms with Crippen LogP contribution in [0, 0.1) is 5.92 Å². The molecule has 1 aliphatic carbocycles. The van der Waals surface area contributed by atoms with Gasteiger partial charge in [-0.25, -0.2) is 0 Å². The fourth-order valence-electron chi connectivity index (χ4n) is 3.15. The second kappa shape index (κ2) is 5.79. The molecule has 0 saturated heterocycles. The van der Waals surface area contributed by atoms with Crippen molar-refractivity contribution in [3.8, 4) is 22.9 Å². The molecule has 3 heterocycles.